The molecule has 0 spiro atoms. The van der Waals surface area contributed by atoms with Gasteiger partial charge >= 0.3 is 0 Å². The van der Waals surface area contributed by atoms with E-state index in [1.54, 1.807) is 0 Å². The fourth-order valence-corrected chi connectivity index (χ4v) is 3.38. The van der Waals surface area contributed by atoms with Crippen molar-refractivity contribution in [3.05, 3.63) is 53.6 Å². The first kappa shape index (κ1) is 12.9. The third-order valence-electron chi connectivity index (χ3n) is 3.31. The van der Waals surface area contributed by atoms with Crippen molar-refractivity contribution in [3.63, 3.8) is 0 Å². The molecule has 1 heterocycles. The Morgan fingerprint density at radius 3 is 2.75 bits per heavy atom. The van der Waals surface area contributed by atoms with Crippen LogP contribution in [0, 0.1) is 6.92 Å². The van der Waals surface area contributed by atoms with Crippen LogP contribution in [0.3, 0.4) is 0 Å². The number of benzene rings is 2. The number of hydrogen-bond donors (Lipinski definition) is 2. The maximum atomic E-state index is 12.4. The third kappa shape index (κ3) is 2.32. The van der Waals surface area contributed by atoms with Crippen molar-refractivity contribution in [1.29, 1.82) is 0 Å². The number of H-pyrrole nitrogens is 1. The fraction of sp³-hybridized carbons (Fsp3) is 0.133. The summed E-state index contributed by atoms with van der Waals surface area (Å²) in [6.45, 7) is 1.97. The quantitative estimate of drug-likeness (QED) is 0.727. The molecule has 3 aromatic rings. The van der Waals surface area contributed by atoms with Crippen molar-refractivity contribution in [2.24, 2.45) is 0 Å². The molecule has 20 heavy (non-hydrogen) atoms. The molecule has 3 rings (SSSR count). The minimum absolute atomic E-state index is 0.373. The molecule has 0 aliphatic carbocycles. The van der Waals surface area contributed by atoms with E-state index in [1.165, 1.54) is 0 Å². The van der Waals surface area contributed by atoms with Gasteiger partial charge in [0, 0.05) is 5.69 Å². The van der Waals surface area contributed by atoms with E-state index in [2.05, 4.69) is 9.97 Å². The van der Waals surface area contributed by atoms with Gasteiger partial charge in [0.1, 0.15) is 0 Å². The second-order valence-electron chi connectivity index (χ2n) is 4.69. The second-order valence-corrected chi connectivity index (χ2v) is 6.06. The first-order chi connectivity index (χ1) is 9.65. The van der Waals surface area contributed by atoms with Crippen LogP contribution in [0.5, 0.6) is 0 Å². The Morgan fingerprint density at radius 2 is 2.00 bits per heavy atom. The fourth-order valence-electron chi connectivity index (χ4n) is 2.16. The number of imidazole rings is 1. The van der Waals surface area contributed by atoms with Gasteiger partial charge in [-0.25, -0.2) is 4.98 Å². The van der Waals surface area contributed by atoms with Crippen LogP contribution < -0.4 is 5.73 Å². The van der Waals surface area contributed by atoms with Crippen molar-refractivity contribution < 1.29 is 4.21 Å². The number of nitrogen functional groups attached to an aromatic ring is 1. The maximum absolute atomic E-state index is 12.4. The Bertz CT molecular complexity index is 741. The van der Waals surface area contributed by atoms with Gasteiger partial charge in [-0.05, 0) is 36.2 Å². The summed E-state index contributed by atoms with van der Waals surface area (Å²) in [5.41, 5.74) is 10.3. The number of hydrogen-bond acceptors (Lipinski definition) is 3. The highest BCUT2D eigenvalue weighted by Gasteiger charge is 2.13. The summed E-state index contributed by atoms with van der Waals surface area (Å²) in [7, 11) is -1.23. The zero-order valence-electron chi connectivity index (χ0n) is 11.1. The molecular weight excluding hydrogens is 270 g/mol. The summed E-state index contributed by atoms with van der Waals surface area (Å²) < 4.78 is 12.4. The summed E-state index contributed by atoms with van der Waals surface area (Å²) in [5.74, 6) is 0.373. The van der Waals surface area contributed by atoms with Crippen LogP contribution in [0.4, 0.5) is 5.69 Å². The molecular formula is C15H15N3OS. The molecule has 0 aliphatic rings. The van der Waals surface area contributed by atoms with Crippen LogP contribution in [-0.2, 0) is 16.6 Å². The lowest BCUT2D eigenvalue weighted by Crippen LogP contribution is -2.03. The van der Waals surface area contributed by atoms with E-state index in [9.17, 15) is 4.21 Å². The van der Waals surface area contributed by atoms with Gasteiger partial charge in [0.25, 0.3) is 0 Å². The van der Waals surface area contributed by atoms with Crippen LogP contribution >= 0.6 is 0 Å². The number of anilines is 1. The Morgan fingerprint density at radius 1 is 1.20 bits per heavy atom. The molecule has 0 aliphatic heterocycles. The zero-order valence-corrected chi connectivity index (χ0v) is 11.9. The summed E-state index contributed by atoms with van der Waals surface area (Å²) >= 11 is 0. The Kier molecular flexibility index (Phi) is 3.28. The summed E-state index contributed by atoms with van der Waals surface area (Å²) in [5, 5.41) is 0.494. The number of aryl methyl sites for hydroxylation is 1. The van der Waals surface area contributed by atoms with Crippen molar-refractivity contribution >= 4 is 27.5 Å². The summed E-state index contributed by atoms with van der Waals surface area (Å²) in [6, 6.07) is 13.4. The van der Waals surface area contributed by atoms with Crippen molar-refractivity contribution in [3.8, 4) is 0 Å². The van der Waals surface area contributed by atoms with Crippen molar-refractivity contribution in [2.45, 2.75) is 17.8 Å². The average Bonchev–Trinajstić information content (AvgIpc) is 2.87. The van der Waals surface area contributed by atoms with Crippen LogP contribution in [0.15, 0.2) is 47.6 Å². The van der Waals surface area contributed by atoms with E-state index in [0.29, 0.717) is 16.6 Å². The minimum Gasteiger partial charge on any atom is -0.398 e. The van der Waals surface area contributed by atoms with E-state index in [0.717, 1.165) is 22.2 Å². The van der Waals surface area contributed by atoms with Crippen LogP contribution in [0.2, 0.25) is 0 Å². The number of rotatable bonds is 3. The molecule has 0 radical (unpaired) electrons. The Labute approximate surface area is 119 Å². The van der Waals surface area contributed by atoms with Crippen molar-refractivity contribution in [1.82, 2.24) is 9.97 Å². The zero-order chi connectivity index (χ0) is 14.1. The highest BCUT2D eigenvalue weighted by atomic mass is 32.2. The lowest BCUT2D eigenvalue weighted by atomic mass is 10.1. The average molecular weight is 285 g/mol. The number of fused-ring (bicyclic) bond motifs is 1. The molecule has 2 aromatic carbocycles. The standard InChI is InChI=1S/C15H15N3OS/c1-10-5-4-6-12(16)11(10)9-20(19)15-17-13-7-2-3-8-14(13)18-15/h2-8H,9,16H2,1H3,(H,17,18). The number of nitrogens with zero attached hydrogens (tertiary/aromatic N) is 1. The van der Waals surface area contributed by atoms with Gasteiger partial charge in [0.05, 0.1) is 27.6 Å². The summed E-state index contributed by atoms with van der Waals surface area (Å²) in [6.07, 6.45) is 0. The number of nitrogens with one attached hydrogen (secondary N) is 1. The third-order valence-corrected chi connectivity index (χ3v) is 4.48. The van der Waals surface area contributed by atoms with E-state index in [1.807, 2.05) is 49.4 Å². The second kappa shape index (κ2) is 5.09. The highest BCUT2D eigenvalue weighted by molar-refractivity contribution is 7.84. The van der Waals surface area contributed by atoms with Crippen LogP contribution in [0.25, 0.3) is 11.0 Å². The number of aromatic nitrogens is 2. The van der Waals surface area contributed by atoms with Crippen LogP contribution in [-0.4, -0.2) is 14.2 Å². The van der Waals surface area contributed by atoms with Gasteiger partial charge in [0.2, 0.25) is 0 Å². The topological polar surface area (TPSA) is 71.8 Å². The SMILES string of the molecule is Cc1cccc(N)c1CS(=O)c1nc2ccccc2[nH]1. The molecule has 1 aromatic heterocycles. The number of nitrogens with two attached hydrogens (primary N) is 1. The largest absolute Gasteiger partial charge is 0.398 e. The maximum Gasteiger partial charge on any atom is 0.197 e. The molecule has 0 bridgehead atoms. The number of aromatic amines is 1. The molecule has 4 nitrogen and oxygen atoms in total. The molecule has 0 amide bonds. The van der Waals surface area contributed by atoms with Gasteiger partial charge in [-0.3, -0.25) is 4.21 Å². The molecule has 0 saturated heterocycles. The molecule has 0 saturated carbocycles. The lowest BCUT2D eigenvalue weighted by Gasteiger charge is -2.07. The van der Waals surface area contributed by atoms with E-state index in [-0.39, 0.29) is 0 Å². The normalized spacial score (nSPS) is 12.7. The van der Waals surface area contributed by atoms with Gasteiger partial charge < -0.3 is 10.7 Å². The molecule has 102 valence electrons. The molecule has 5 heteroatoms. The predicted octanol–water partition coefficient (Wildman–Crippen LogP) is 2.76. The molecule has 0 fully saturated rings. The van der Waals surface area contributed by atoms with Gasteiger partial charge in [-0.15, -0.1) is 0 Å². The van der Waals surface area contributed by atoms with Gasteiger partial charge in [0.15, 0.2) is 5.16 Å². The van der Waals surface area contributed by atoms with E-state index < -0.39 is 10.8 Å². The Hall–Kier alpha value is -2.14. The monoisotopic (exact) mass is 285 g/mol. The Balaban J connectivity index is 1.93. The summed E-state index contributed by atoms with van der Waals surface area (Å²) in [4.78, 5) is 7.47. The van der Waals surface area contributed by atoms with Gasteiger partial charge in [-0.1, -0.05) is 24.3 Å². The van der Waals surface area contributed by atoms with E-state index in [4.69, 9.17) is 5.73 Å². The minimum atomic E-state index is -1.23. The molecule has 3 N–H and O–H groups in total. The van der Waals surface area contributed by atoms with Crippen LogP contribution in [0.1, 0.15) is 11.1 Å². The van der Waals surface area contributed by atoms with Crippen molar-refractivity contribution in [2.75, 3.05) is 5.73 Å². The molecule has 1 unspecified atom stereocenters. The van der Waals surface area contributed by atoms with E-state index >= 15 is 0 Å². The highest BCUT2D eigenvalue weighted by Crippen LogP contribution is 2.21. The molecule has 1 atom stereocenters. The van der Waals surface area contributed by atoms with Gasteiger partial charge in [-0.2, -0.15) is 0 Å². The first-order valence-electron chi connectivity index (χ1n) is 6.32. The lowest BCUT2D eigenvalue weighted by molar-refractivity contribution is 0.677. The first-order valence-corrected chi connectivity index (χ1v) is 7.64. The predicted molar refractivity (Wildman–Crippen MR) is 81.8 cm³/mol. The number of para-hydroxylation sites is 2. The smallest absolute Gasteiger partial charge is 0.197 e.